The van der Waals surface area contributed by atoms with Crippen LogP contribution in [0.4, 0.5) is 5.69 Å². The molecule has 98 valence electrons. The van der Waals surface area contributed by atoms with Crippen LogP contribution in [-0.4, -0.2) is 30.6 Å². The molecule has 4 heteroatoms. The molecule has 1 atom stereocenters. The van der Waals surface area contributed by atoms with Crippen molar-refractivity contribution in [3.05, 3.63) is 28.8 Å². The summed E-state index contributed by atoms with van der Waals surface area (Å²) in [7, 11) is 0. The number of halogens is 1. The van der Waals surface area contributed by atoms with Gasteiger partial charge in [-0.05, 0) is 43.9 Å². The lowest BCUT2D eigenvalue weighted by atomic mass is 9.91. The zero-order valence-corrected chi connectivity index (χ0v) is 11.2. The van der Waals surface area contributed by atoms with Crippen molar-refractivity contribution in [3.8, 4) is 0 Å². The quantitative estimate of drug-likeness (QED) is 0.856. The minimum absolute atomic E-state index is 0.247. The maximum Gasteiger partial charge on any atom is 0.152 e. The molecule has 1 heterocycles. The van der Waals surface area contributed by atoms with Gasteiger partial charge in [-0.15, -0.1) is 0 Å². The molecule has 0 radical (unpaired) electrons. The number of aliphatic hydroxyl groups is 1. The van der Waals surface area contributed by atoms with Crippen LogP contribution < -0.4 is 4.90 Å². The number of nitrogens with zero attached hydrogens (tertiary/aromatic N) is 1. The molecular formula is C14H18ClNO2. The van der Waals surface area contributed by atoms with E-state index in [0.29, 0.717) is 16.5 Å². The Morgan fingerprint density at radius 1 is 1.44 bits per heavy atom. The number of hydrogen-bond acceptors (Lipinski definition) is 3. The van der Waals surface area contributed by atoms with Crippen molar-refractivity contribution in [1.29, 1.82) is 0 Å². The Morgan fingerprint density at radius 2 is 2.11 bits per heavy atom. The molecule has 1 fully saturated rings. The van der Waals surface area contributed by atoms with Crippen molar-refractivity contribution in [1.82, 2.24) is 0 Å². The summed E-state index contributed by atoms with van der Waals surface area (Å²) in [6, 6.07) is 5.41. The Morgan fingerprint density at radius 3 is 2.67 bits per heavy atom. The Hall–Kier alpha value is -1.06. The number of aliphatic hydroxyl groups excluding tert-OH is 1. The fraction of sp³-hybridized carbons (Fsp3) is 0.500. The van der Waals surface area contributed by atoms with E-state index < -0.39 is 0 Å². The van der Waals surface area contributed by atoms with Crippen molar-refractivity contribution < 1.29 is 9.90 Å². The number of hydrogen-bond donors (Lipinski definition) is 1. The number of rotatable bonds is 3. The highest BCUT2D eigenvalue weighted by atomic mass is 35.5. The molecular weight excluding hydrogens is 250 g/mol. The molecule has 1 N–H and O–H groups in total. The third-order valence-corrected chi connectivity index (χ3v) is 3.91. The molecule has 1 aromatic carbocycles. The third-order valence-electron chi connectivity index (χ3n) is 3.68. The van der Waals surface area contributed by atoms with Gasteiger partial charge in [0.25, 0.3) is 0 Å². The first-order valence-corrected chi connectivity index (χ1v) is 6.67. The van der Waals surface area contributed by atoms with Gasteiger partial charge in [-0.25, -0.2) is 0 Å². The molecule has 2 rings (SSSR count). The van der Waals surface area contributed by atoms with Crippen LogP contribution in [0.3, 0.4) is 0 Å². The fourth-order valence-corrected chi connectivity index (χ4v) is 2.71. The summed E-state index contributed by atoms with van der Waals surface area (Å²) in [5.41, 5.74) is 1.58. The van der Waals surface area contributed by atoms with Gasteiger partial charge >= 0.3 is 0 Å². The average molecular weight is 268 g/mol. The van der Waals surface area contributed by atoms with Crippen LogP contribution in [0.2, 0.25) is 5.02 Å². The summed E-state index contributed by atoms with van der Waals surface area (Å²) in [5.74, 6) is 0.369. The highest BCUT2D eigenvalue weighted by molar-refractivity contribution is 6.31. The summed E-state index contributed by atoms with van der Waals surface area (Å²) in [4.78, 5) is 13.3. The Kier molecular flexibility index (Phi) is 4.25. The zero-order valence-electron chi connectivity index (χ0n) is 10.5. The summed E-state index contributed by atoms with van der Waals surface area (Å²) in [6.45, 7) is 3.59. The second-order valence-electron chi connectivity index (χ2n) is 4.89. The first-order valence-electron chi connectivity index (χ1n) is 6.29. The Balaban J connectivity index is 2.12. The van der Waals surface area contributed by atoms with Gasteiger partial charge in [-0.2, -0.15) is 0 Å². The number of piperidine rings is 1. The van der Waals surface area contributed by atoms with E-state index in [0.717, 1.165) is 37.9 Å². The van der Waals surface area contributed by atoms with Crippen LogP contribution in [0.15, 0.2) is 18.2 Å². The molecule has 0 saturated carbocycles. The largest absolute Gasteiger partial charge is 0.393 e. The predicted molar refractivity (Wildman–Crippen MR) is 73.5 cm³/mol. The van der Waals surface area contributed by atoms with Gasteiger partial charge in [0.15, 0.2) is 6.29 Å². The lowest BCUT2D eigenvalue weighted by molar-refractivity contribution is 0.109. The maximum atomic E-state index is 11.1. The normalized spacial score (nSPS) is 18.7. The molecule has 1 aliphatic heterocycles. The van der Waals surface area contributed by atoms with Crippen molar-refractivity contribution in [2.24, 2.45) is 5.92 Å². The van der Waals surface area contributed by atoms with Crippen molar-refractivity contribution in [2.45, 2.75) is 25.9 Å². The molecule has 1 saturated heterocycles. The average Bonchev–Trinajstić information content (AvgIpc) is 2.38. The molecule has 18 heavy (non-hydrogen) atoms. The van der Waals surface area contributed by atoms with Gasteiger partial charge in [-0.1, -0.05) is 11.6 Å². The van der Waals surface area contributed by atoms with E-state index in [-0.39, 0.29) is 6.10 Å². The molecule has 0 aliphatic carbocycles. The molecule has 1 unspecified atom stereocenters. The zero-order chi connectivity index (χ0) is 13.1. The summed E-state index contributed by atoms with van der Waals surface area (Å²) >= 11 is 5.89. The maximum absolute atomic E-state index is 11.1. The fourth-order valence-electron chi connectivity index (χ4n) is 2.53. The van der Waals surface area contributed by atoms with Crippen LogP contribution in [0.5, 0.6) is 0 Å². The van der Waals surface area contributed by atoms with Gasteiger partial charge in [-0.3, -0.25) is 4.79 Å². The summed E-state index contributed by atoms with van der Waals surface area (Å²) < 4.78 is 0. The standard InChI is InChI=1S/C14H18ClNO2/c1-10(18)11-4-6-16(7-5-11)14-3-2-13(15)8-12(14)9-17/h2-3,8-11,18H,4-7H2,1H3. The van der Waals surface area contributed by atoms with Crippen LogP contribution in [-0.2, 0) is 0 Å². The number of carbonyl (C=O) groups excluding carboxylic acids is 1. The third kappa shape index (κ3) is 2.85. The summed E-state index contributed by atoms with van der Waals surface area (Å²) in [5, 5.41) is 10.2. The Labute approximate surface area is 112 Å². The van der Waals surface area contributed by atoms with Gasteiger partial charge in [0.1, 0.15) is 0 Å². The van der Waals surface area contributed by atoms with E-state index >= 15 is 0 Å². The molecule has 1 aliphatic rings. The molecule has 0 amide bonds. The molecule has 0 spiro atoms. The van der Waals surface area contributed by atoms with E-state index in [1.165, 1.54) is 0 Å². The lowest BCUT2D eigenvalue weighted by Crippen LogP contribution is -2.37. The second-order valence-corrected chi connectivity index (χ2v) is 5.32. The van der Waals surface area contributed by atoms with Crippen LogP contribution in [0.1, 0.15) is 30.1 Å². The van der Waals surface area contributed by atoms with Gasteiger partial charge < -0.3 is 10.0 Å². The van der Waals surface area contributed by atoms with E-state index in [4.69, 9.17) is 11.6 Å². The Bertz CT molecular complexity index is 426. The van der Waals surface area contributed by atoms with Crippen LogP contribution in [0.25, 0.3) is 0 Å². The van der Waals surface area contributed by atoms with E-state index in [1.807, 2.05) is 19.1 Å². The van der Waals surface area contributed by atoms with Crippen molar-refractivity contribution in [3.63, 3.8) is 0 Å². The van der Waals surface area contributed by atoms with Crippen molar-refractivity contribution >= 4 is 23.6 Å². The first-order chi connectivity index (χ1) is 8.61. The summed E-state index contributed by atoms with van der Waals surface area (Å²) in [6.07, 6.45) is 2.52. The number of anilines is 1. The van der Waals surface area contributed by atoms with Gasteiger partial charge in [0.05, 0.1) is 6.10 Å². The molecule has 3 nitrogen and oxygen atoms in total. The SMILES string of the molecule is CC(O)C1CCN(c2ccc(Cl)cc2C=O)CC1. The smallest absolute Gasteiger partial charge is 0.152 e. The topological polar surface area (TPSA) is 40.5 Å². The molecule has 0 aromatic heterocycles. The van der Waals surface area contributed by atoms with E-state index in [9.17, 15) is 9.90 Å². The van der Waals surface area contributed by atoms with Crippen LogP contribution >= 0.6 is 11.6 Å². The monoisotopic (exact) mass is 267 g/mol. The van der Waals surface area contributed by atoms with Gasteiger partial charge in [0, 0.05) is 29.4 Å². The van der Waals surface area contributed by atoms with Crippen LogP contribution in [0, 0.1) is 5.92 Å². The lowest BCUT2D eigenvalue weighted by Gasteiger charge is -2.35. The van der Waals surface area contributed by atoms with Gasteiger partial charge in [0.2, 0.25) is 0 Å². The number of aldehydes is 1. The van der Waals surface area contributed by atoms with Crippen molar-refractivity contribution in [2.75, 3.05) is 18.0 Å². The molecule has 0 bridgehead atoms. The highest BCUT2D eigenvalue weighted by Gasteiger charge is 2.23. The number of benzene rings is 1. The van der Waals surface area contributed by atoms with E-state index in [2.05, 4.69) is 4.90 Å². The minimum atomic E-state index is -0.247. The first kappa shape index (κ1) is 13.4. The minimum Gasteiger partial charge on any atom is -0.393 e. The second kappa shape index (κ2) is 5.72. The number of carbonyl (C=O) groups is 1. The van der Waals surface area contributed by atoms with E-state index in [1.54, 1.807) is 6.07 Å². The highest BCUT2D eigenvalue weighted by Crippen LogP contribution is 2.28. The molecule has 1 aromatic rings. The predicted octanol–water partition coefficient (Wildman–Crippen LogP) is 2.75.